The highest BCUT2D eigenvalue weighted by molar-refractivity contribution is 5.95. The minimum atomic E-state index is -1.75. The molecule has 0 saturated carbocycles. The fraction of sp³-hybridized carbons (Fsp3) is 0.780. The summed E-state index contributed by atoms with van der Waals surface area (Å²) in [6.07, 6.45) is 14.0. The Bertz CT molecular complexity index is 1110. The lowest BCUT2D eigenvalue weighted by atomic mass is 9.93. The zero-order valence-electron chi connectivity index (χ0n) is 32.5. The Morgan fingerprint density at radius 2 is 1.27 bits per heavy atom. The lowest BCUT2D eigenvalue weighted by Gasteiger charge is -2.49. The first-order valence-corrected chi connectivity index (χ1v) is 20.4. The molecule has 1 aliphatic rings. The Morgan fingerprint density at radius 3 is 1.77 bits per heavy atom. The first-order valence-electron chi connectivity index (χ1n) is 20.4. The lowest BCUT2D eigenvalue weighted by molar-refractivity contribution is -0.244. The van der Waals surface area contributed by atoms with Crippen LogP contribution in [-0.2, 0) is 25.7 Å². The third-order valence-corrected chi connectivity index (χ3v) is 10.1. The number of imide groups is 1. The fourth-order valence-electron chi connectivity index (χ4n) is 6.88. The number of hydrogen-bond donors (Lipinski definition) is 4. The van der Waals surface area contributed by atoms with E-state index in [9.17, 15) is 29.7 Å². The SMILES string of the molecule is CCCCCCCCCCCCN(C(=O)CCCCCCCCCCC)[C@@H]1O[C@H](CO)[C@@H](O)[C@H](O)[C@H]1N(C(=O)OCc1ccccc1)C(=O)[C@H](C)N. The molecule has 3 amide bonds. The van der Waals surface area contributed by atoms with E-state index in [0.717, 1.165) is 38.5 Å². The molecule has 1 fully saturated rings. The number of ether oxygens (including phenoxy) is 2. The number of carbonyl (C=O) groups is 3. The maximum atomic E-state index is 14.1. The molecule has 1 aromatic rings. The summed E-state index contributed by atoms with van der Waals surface area (Å²) in [5.74, 6) is -1.09. The van der Waals surface area contributed by atoms with Crippen molar-refractivity contribution in [2.45, 2.75) is 192 Å². The van der Waals surface area contributed by atoms with Crippen LogP contribution in [0.1, 0.15) is 155 Å². The van der Waals surface area contributed by atoms with Gasteiger partial charge >= 0.3 is 6.09 Å². The normalized spacial score (nSPS) is 20.7. The molecule has 0 radical (unpaired) electrons. The van der Waals surface area contributed by atoms with E-state index in [0.29, 0.717) is 23.3 Å². The number of nitrogens with two attached hydrogens (primary N) is 1. The van der Waals surface area contributed by atoms with Crippen molar-refractivity contribution in [1.82, 2.24) is 9.80 Å². The van der Waals surface area contributed by atoms with Crippen LogP contribution in [0.3, 0.4) is 0 Å². The highest BCUT2D eigenvalue weighted by Gasteiger charge is 2.53. The van der Waals surface area contributed by atoms with Gasteiger partial charge < -0.3 is 35.4 Å². The van der Waals surface area contributed by atoms with E-state index in [1.165, 1.54) is 82.5 Å². The van der Waals surface area contributed by atoms with Gasteiger partial charge in [0.15, 0.2) is 6.23 Å². The summed E-state index contributed by atoms with van der Waals surface area (Å²) < 4.78 is 11.7. The van der Waals surface area contributed by atoms with Gasteiger partial charge in [-0.2, -0.15) is 0 Å². The molecule has 0 aromatic heterocycles. The van der Waals surface area contributed by atoms with E-state index in [-0.39, 0.29) is 25.5 Å². The number of nitrogens with zero attached hydrogens (tertiary/aromatic N) is 2. The largest absolute Gasteiger partial charge is 0.444 e. The van der Waals surface area contributed by atoms with Crippen LogP contribution in [0.25, 0.3) is 0 Å². The van der Waals surface area contributed by atoms with Crippen molar-refractivity contribution in [2.24, 2.45) is 5.73 Å². The molecular formula is C41H71N3O8. The van der Waals surface area contributed by atoms with Crippen molar-refractivity contribution in [1.29, 1.82) is 0 Å². The van der Waals surface area contributed by atoms with Gasteiger partial charge in [-0.3, -0.25) is 9.59 Å². The van der Waals surface area contributed by atoms with Gasteiger partial charge in [0.1, 0.15) is 31.0 Å². The zero-order chi connectivity index (χ0) is 38.1. The summed E-state index contributed by atoms with van der Waals surface area (Å²) in [4.78, 5) is 43.6. The maximum absolute atomic E-state index is 14.1. The van der Waals surface area contributed by atoms with E-state index in [4.69, 9.17) is 15.2 Å². The molecule has 52 heavy (non-hydrogen) atoms. The Hall–Kier alpha value is -2.57. The van der Waals surface area contributed by atoms with Crippen LogP contribution < -0.4 is 5.73 Å². The average molecular weight is 734 g/mol. The van der Waals surface area contributed by atoms with Crippen LogP contribution in [-0.4, -0.2) is 92.8 Å². The quantitative estimate of drug-likeness (QED) is 0.0699. The molecule has 0 spiro atoms. The van der Waals surface area contributed by atoms with Gasteiger partial charge in [-0.05, 0) is 25.3 Å². The Labute approximate surface area is 313 Å². The van der Waals surface area contributed by atoms with Gasteiger partial charge in [0, 0.05) is 13.0 Å². The number of unbranched alkanes of at least 4 members (excludes halogenated alkanes) is 17. The summed E-state index contributed by atoms with van der Waals surface area (Å²) in [6, 6.07) is 6.24. The maximum Gasteiger partial charge on any atom is 0.417 e. The summed E-state index contributed by atoms with van der Waals surface area (Å²) >= 11 is 0. The molecule has 11 heteroatoms. The van der Waals surface area contributed by atoms with Crippen molar-refractivity contribution in [3.05, 3.63) is 35.9 Å². The Morgan fingerprint density at radius 1 is 0.769 bits per heavy atom. The smallest absolute Gasteiger partial charge is 0.417 e. The number of rotatable bonds is 27. The topological polar surface area (TPSA) is 163 Å². The predicted octanol–water partition coefficient (Wildman–Crippen LogP) is 6.98. The van der Waals surface area contributed by atoms with Crippen molar-refractivity contribution < 1.29 is 39.2 Å². The van der Waals surface area contributed by atoms with Crippen molar-refractivity contribution >= 4 is 17.9 Å². The minimum Gasteiger partial charge on any atom is -0.444 e. The third-order valence-electron chi connectivity index (χ3n) is 10.1. The molecule has 0 unspecified atom stereocenters. The molecule has 298 valence electrons. The molecule has 1 aliphatic heterocycles. The van der Waals surface area contributed by atoms with E-state index >= 15 is 0 Å². The number of carbonyl (C=O) groups excluding carboxylic acids is 3. The third kappa shape index (κ3) is 16.2. The number of hydrogen-bond acceptors (Lipinski definition) is 9. The first kappa shape index (κ1) is 45.6. The van der Waals surface area contributed by atoms with Crippen molar-refractivity contribution in [3.8, 4) is 0 Å². The van der Waals surface area contributed by atoms with Crippen LogP contribution in [0.15, 0.2) is 30.3 Å². The van der Waals surface area contributed by atoms with Gasteiger partial charge in [-0.25, -0.2) is 9.69 Å². The van der Waals surface area contributed by atoms with Gasteiger partial charge in [-0.15, -0.1) is 0 Å². The Balaban J connectivity index is 2.27. The van der Waals surface area contributed by atoms with Gasteiger partial charge in [0.25, 0.3) is 0 Å². The summed E-state index contributed by atoms with van der Waals surface area (Å²) in [5.41, 5.74) is 6.69. The van der Waals surface area contributed by atoms with E-state index < -0.39 is 55.2 Å². The molecule has 11 nitrogen and oxygen atoms in total. The number of benzene rings is 1. The molecule has 1 saturated heterocycles. The predicted molar refractivity (Wildman–Crippen MR) is 204 cm³/mol. The van der Waals surface area contributed by atoms with Gasteiger partial charge in [0.2, 0.25) is 11.8 Å². The molecule has 1 aromatic carbocycles. The second-order valence-electron chi connectivity index (χ2n) is 14.6. The number of aliphatic hydroxyl groups excluding tert-OH is 3. The summed E-state index contributed by atoms with van der Waals surface area (Å²) in [5, 5.41) is 32.7. The second kappa shape index (κ2) is 27.1. The summed E-state index contributed by atoms with van der Waals surface area (Å²) in [7, 11) is 0. The van der Waals surface area contributed by atoms with Gasteiger partial charge in [-0.1, -0.05) is 153 Å². The molecule has 1 heterocycles. The first-order chi connectivity index (χ1) is 25.2. The van der Waals surface area contributed by atoms with Crippen LogP contribution >= 0.6 is 0 Å². The number of aliphatic hydroxyl groups is 3. The van der Waals surface area contributed by atoms with Crippen molar-refractivity contribution in [2.75, 3.05) is 13.2 Å². The zero-order valence-corrected chi connectivity index (χ0v) is 32.5. The van der Waals surface area contributed by atoms with E-state index in [1.54, 1.807) is 24.3 Å². The number of amides is 3. The van der Waals surface area contributed by atoms with E-state index in [2.05, 4.69) is 13.8 Å². The highest BCUT2D eigenvalue weighted by atomic mass is 16.6. The molecule has 2 rings (SSSR count). The van der Waals surface area contributed by atoms with E-state index in [1.807, 2.05) is 6.07 Å². The average Bonchev–Trinajstić information content (AvgIpc) is 3.14. The van der Waals surface area contributed by atoms with Crippen molar-refractivity contribution in [3.63, 3.8) is 0 Å². The van der Waals surface area contributed by atoms with Crippen LogP contribution in [0.4, 0.5) is 4.79 Å². The molecule has 0 aliphatic carbocycles. The summed E-state index contributed by atoms with van der Waals surface area (Å²) in [6.45, 7) is 5.29. The molecule has 0 bridgehead atoms. The van der Waals surface area contributed by atoms with Crippen LogP contribution in [0.2, 0.25) is 0 Å². The standard InChI is InChI=1S/C41H71N3O8/c1-4-6-8-10-12-14-16-18-20-25-29-43(35(46)28-24-19-17-15-13-11-9-7-5-2)40-36(38(48)37(47)34(30-45)52-40)44(39(49)32(3)42)41(50)51-31-33-26-22-21-23-27-33/h21-23,26-27,32,34,36-38,40,45,47-48H,4-20,24-25,28-31,42H2,1-3H3/t32-,34+,36+,37+,38+,40+/m0/s1. The molecule has 6 atom stereocenters. The van der Waals surface area contributed by atoms with Crippen LogP contribution in [0.5, 0.6) is 0 Å². The lowest BCUT2D eigenvalue weighted by Crippen LogP contribution is -2.71. The Kier molecular flexibility index (Phi) is 23.7. The monoisotopic (exact) mass is 734 g/mol. The molecular weight excluding hydrogens is 662 g/mol. The van der Waals surface area contributed by atoms with Crippen LogP contribution in [0, 0.1) is 0 Å². The fourth-order valence-corrected chi connectivity index (χ4v) is 6.88. The molecule has 5 N–H and O–H groups in total. The van der Waals surface area contributed by atoms with Gasteiger partial charge in [0.05, 0.1) is 12.6 Å². The minimum absolute atomic E-state index is 0.154. The second-order valence-corrected chi connectivity index (χ2v) is 14.6. The highest BCUT2D eigenvalue weighted by Crippen LogP contribution is 2.30.